The highest BCUT2D eigenvalue weighted by molar-refractivity contribution is 5.94. The third kappa shape index (κ3) is 9.05. The van der Waals surface area contributed by atoms with E-state index in [9.17, 15) is 29.4 Å². The van der Waals surface area contributed by atoms with Crippen LogP contribution in [0.2, 0.25) is 0 Å². The van der Waals surface area contributed by atoms with Gasteiger partial charge in [-0.2, -0.15) is 0 Å². The Morgan fingerprint density at radius 3 is 1.74 bits per heavy atom. The van der Waals surface area contributed by atoms with Gasteiger partial charge in [0, 0.05) is 31.2 Å². The van der Waals surface area contributed by atoms with Gasteiger partial charge >= 0.3 is 5.97 Å². The van der Waals surface area contributed by atoms with Gasteiger partial charge < -0.3 is 36.9 Å². The molecule has 1 heterocycles. The number of hydrogen-bond acceptors (Lipinski definition) is 7. The van der Waals surface area contributed by atoms with Crippen molar-refractivity contribution in [3.63, 3.8) is 0 Å². The maximum atomic E-state index is 13.4. The molecule has 206 valence electrons. The van der Waals surface area contributed by atoms with Crippen LogP contribution in [-0.4, -0.2) is 74.6 Å². The lowest BCUT2D eigenvalue weighted by Gasteiger charge is -2.25. The highest BCUT2D eigenvalue weighted by Crippen LogP contribution is 2.08. The van der Waals surface area contributed by atoms with E-state index in [1.54, 1.807) is 60.7 Å². The third-order valence-corrected chi connectivity index (χ3v) is 5.96. The number of nitrogens with two attached hydrogens (primary N) is 1. The largest absolute Gasteiger partial charge is 0.480 e. The summed E-state index contributed by atoms with van der Waals surface area (Å²) in [4.78, 5) is 57.8. The highest BCUT2D eigenvalue weighted by atomic mass is 16.4. The average Bonchev–Trinajstić information content (AvgIpc) is 3.45. The SMILES string of the molecule is NC(CO)C(=O)NC(Cc1ccccc1)C(=O)NC(Cc1cnc[nH]1)C(=O)NC(Cc1ccccc1)C(=O)O. The molecule has 0 saturated carbocycles. The Balaban J connectivity index is 1.80. The summed E-state index contributed by atoms with van der Waals surface area (Å²) in [7, 11) is 0. The molecule has 2 aromatic carbocycles. The molecule has 0 fully saturated rings. The molecule has 0 aliphatic carbocycles. The van der Waals surface area contributed by atoms with Crippen molar-refractivity contribution in [2.75, 3.05) is 6.61 Å². The fraction of sp³-hybridized carbons (Fsp3) is 0.296. The molecule has 3 aromatic rings. The molecule has 0 saturated heterocycles. The number of nitrogens with one attached hydrogen (secondary N) is 4. The maximum Gasteiger partial charge on any atom is 0.326 e. The number of H-pyrrole nitrogens is 1. The van der Waals surface area contributed by atoms with E-state index in [0.29, 0.717) is 11.3 Å². The Labute approximate surface area is 225 Å². The quantitative estimate of drug-likeness (QED) is 0.140. The molecule has 8 N–H and O–H groups in total. The number of benzene rings is 2. The van der Waals surface area contributed by atoms with Gasteiger partial charge in [0.15, 0.2) is 0 Å². The van der Waals surface area contributed by atoms with E-state index in [0.717, 1.165) is 5.56 Å². The molecule has 0 aliphatic heterocycles. The van der Waals surface area contributed by atoms with E-state index in [-0.39, 0.29) is 19.3 Å². The van der Waals surface area contributed by atoms with Crippen molar-refractivity contribution < 1.29 is 29.4 Å². The minimum absolute atomic E-state index is 0.0165. The fourth-order valence-corrected chi connectivity index (χ4v) is 3.84. The molecule has 0 spiro atoms. The normalized spacial score (nSPS) is 13.9. The number of carbonyl (C=O) groups is 4. The zero-order chi connectivity index (χ0) is 28.2. The second-order valence-electron chi connectivity index (χ2n) is 8.97. The van der Waals surface area contributed by atoms with Crippen molar-refractivity contribution >= 4 is 23.7 Å². The number of aliphatic hydroxyl groups is 1. The predicted molar refractivity (Wildman–Crippen MR) is 141 cm³/mol. The lowest BCUT2D eigenvalue weighted by atomic mass is 10.0. The number of nitrogens with zero attached hydrogens (tertiary/aromatic N) is 1. The van der Waals surface area contributed by atoms with Crippen LogP contribution in [0.25, 0.3) is 0 Å². The number of rotatable bonds is 14. The number of amides is 3. The molecule has 12 nitrogen and oxygen atoms in total. The van der Waals surface area contributed by atoms with Crippen LogP contribution >= 0.6 is 0 Å². The molecular formula is C27H32N6O6. The van der Waals surface area contributed by atoms with E-state index < -0.39 is 54.5 Å². The number of carboxylic acid groups (broad SMARTS) is 1. The van der Waals surface area contributed by atoms with Crippen molar-refractivity contribution in [1.29, 1.82) is 0 Å². The maximum absolute atomic E-state index is 13.4. The van der Waals surface area contributed by atoms with Crippen molar-refractivity contribution in [1.82, 2.24) is 25.9 Å². The van der Waals surface area contributed by atoms with Gasteiger partial charge in [-0.25, -0.2) is 9.78 Å². The molecule has 4 atom stereocenters. The number of imidazole rings is 1. The second kappa shape index (κ2) is 14.4. The van der Waals surface area contributed by atoms with Crippen LogP contribution in [0.15, 0.2) is 73.2 Å². The fourth-order valence-electron chi connectivity index (χ4n) is 3.84. The molecular weight excluding hydrogens is 504 g/mol. The molecule has 0 aliphatic rings. The van der Waals surface area contributed by atoms with Gasteiger partial charge in [-0.3, -0.25) is 14.4 Å². The van der Waals surface area contributed by atoms with Crippen LogP contribution in [0.4, 0.5) is 0 Å². The first-order valence-corrected chi connectivity index (χ1v) is 12.3. The molecule has 3 rings (SSSR count). The number of hydrogen-bond donors (Lipinski definition) is 7. The Bertz CT molecular complexity index is 1220. The van der Waals surface area contributed by atoms with E-state index >= 15 is 0 Å². The minimum Gasteiger partial charge on any atom is -0.480 e. The van der Waals surface area contributed by atoms with Crippen LogP contribution in [-0.2, 0) is 38.4 Å². The lowest BCUT2D eigenvalue weighted by molar-refractivity contribution is -0.142. The summed E-state index contributed by atoms with van der Waals surface area (Å²) >= 11 is 0. The predicted octanol–water partition coefficient (Wildman–Crippen LogP) is -0.704. The third-order valence-electron chi connectivity index (χ3n) is 5.96. The monoisotopic (exact) mass is 536 g/mol. The Kier molecular flexibility index (Phi) is 10.7. The molecule has 3 amide bonds. The summed E-state index contributed by atoms with van der Waals surface area (Å²) in [5.41, 5.74) is 7.59. The molecule has 0 bridgehead atoms. The number of aliphatic carboxylic acids is 1. The van der Waals surface area contributed by atoms with Crippen molar-refractivity contribution in [2.45, 2.75) is 43.4 Å². The lowest BCUT2D eigenvalue weighted by Crippen LogP contribution is -2.58. The van der Waals surface area contributed by atoms with Gasteiger partial charge in [-0.15, -0.1) is 0 Å². The van der Waals surface area contributed by atoms with E-state index in [2.05, 4.69) is 25.9 Å². The van der Waals surface area contributed by atoms with Crippen molar-refractivity contribution in [3.05, 3.63) is 90.0 Å². The van der Waals surface area contributed by atoms with Gasteiger partial charge in [0.1, 0.15) is 24.2 Å². The number of aliphatic hydroxyl groups excluding tert-OH is 1. The summed E-state index contributed by atoms with van der Waals surface area (Å²) in [5.74, 6) is -3.38. The number of aromatic nitrogens is 2. The van der Waals surface area contributed by atoms with Crippen molar-refractivity contribution in [2.24, 2.45) is 5.73 Å². The molecule has 4 unspecified atom stereocenters. The summed E-state index contributed by atoms with van der Waals surface area (Å²) < 4.78 is 0. The smallest absolute Gasteiger partial charge is 0.326 e. The molecule has 39 heavy (non-hydrogen) atoms. The summed E-state index contributed by atoms with van der Waals surface area (Å²) in [6, 6.07) is 12.9. The molecule has 1 aromatic heterocycles. The minimum atomic E-state index is -1.25. The Morgan fingerprint density at radius 1 is 0.769 bits per heavy atom. The van der Waals surface area contributed by atoms with Gasteiger partial charge in [-0.05, 0) is 11.1 Å². The summed E-state index contributed by atoms with van der Waals surface area (Å²) in [6.45, 7) is -0.617. The first-order valence-electron chi connectivity index (χ1n) is 12.3. The van der Waals surface area contributed by atoms with Crippen LogP contribution in [0, 0.1) is 0 Å². The van der Waals surface area contributed by atoms with Gasteiger partial charge in [0.05, 0.1) is 12.9 Å². The van der Waals surface area contributed by atoms with Gasteiger partial charge in [0.25, 0.3) is 0 Å². The second-order valence-corrected chi connectivity index (χ2v) is 8.97. The van der Waals surface area contributed by atoms with Crippen LogP contribution in [0.5, 0.6) is 0 Å². The van der Waals surface area contributed by atoms with E-state index in [1.165, 1.54) is 12.5 Å². The number of carbonyl (C=O) groups excluding carboxylic acids is 3. The first-order chi connectivity index (χ1) is 18.8. The van der Waals surface area contributed by atoms with Gasteiger partial charge in [0.2, 0.25) is 17.7 Å². The number of aromatic amines is 1. The van der Waals surface area contributed by atoms with E-state index in [1.807, 2.05) is 0 Å². The number of carboxylic acids is 1. The van der Waals surface area contributed by atoms with Crippen LogP contribution < -0.4 is 21.7 Å². The average molecular weight is 537 g/mol. The van der Waals surface area contributed by atoms with Crippen LogP contribution in [0.3, 0.4) is 0 Å². The first kappa shape index (κ1) is 29.0. The highest BCUT2D eigenvalue weighted by Gasteiger charge is 2.31. The summed E-state index contributed by atoms with van der Waals surface area (Å²) in [6.07, 6.45) is 3.00. The van der Waals surface area contributed by atoms with Crippen molar-refractivity contribution in [3.8, 4) is 0 Å². The van der Waals surface area contributed by atoms with Crippen LogP contribution in [0.1, 0.15) is 16.8 Å². The Morgan fingerprint density at radius 2 is 1.26 bits per heavy atom. The summed E-state index contributed by atoms with van der Waals surface area (Å²) in [5, 5.41) is 26.7. The van der Waals surface area contributed by atoms with E-state index in [4.69, 9.17) is 5.73 Å². The standard InChI is InChI=1S/C27H32N6O6/c28-20(15-34)24(35)31-21(11-17-7-3-1-4-8-17)25(36)32-22(13-19-14-29-16-30-19)26(37)33-23(27(38)39)12-18-9-5-2-6-10-18/h1-10,14,16,20-23,34H,11-13,15,28H2,(H,29,30)(H,31,35)(H,32,36)(H,33,37)(H,38,39). The molecule has 12 heteroatoms. The topological polar surface area (TPSA) is 200 Å². The zero-order valence-electron chi connectivity index (χ0n) is 21.1. The van der Waals surface area contributed by atoms with Gasteiger partial charge in [-0.1, -0.05) is 60.7 Å². The molecule has 0 radical (unpaired) electrons. The Hall–Kier alpha value is -4.55. The zero-order valence-corrected chi connectivity index (χ0v) is 21.1.